The second kappa shape index (κ2) is 4.94. The van der Waals surface area contributed by atoms with E-state index in [1.165, 1.54) is 7.11 Å². The van der Waals surface area contributed by atoms with E-state index in [1.54, 1.807) is 6.92 Å². The van der Waals surface area contributed by atoms with Crippen LogP contribution in [0.25, 0.3) is 0 Å². The number of rotatable bonds is 4. The predicted molar refractivity (Wildman–Crippen MR) is 57.5 cm³/mol. The van der Waals surface area contributed by atoms with E-state index in [-0.39, 0.29) is 12.0 Å². The maximum Gasteiger partial charge on any atom is 0.323 e. The van der Waals surface area contributed by atoms with Crippen LogP contribution in [-0.4, -0.2) is 47.8 Å². The number of esters is 1. The number of ether oxygens (including phenoxy) is 1. The Balaban J connectivity index is 2.57. The molecule has 1 fully saturated rings. The van der Waals surface area contributed by atoms with Crippen LogP contribution in [0.1, 0.15) is 33.1 Å². The van der Waals surface area contributed by atoms with Gasteiger partial charge in [-0.1, -0.05) is 6.92 Å². The molecule has 0 aromatic rings. The van der Waals surface area contributed by atoms with E-state index in [9.17, 15) is 9.90 Å². The predicted octanol–water partition coefficient (Wildman–Crippen LogP) is 0.785. The van der Waals surface area contributed by atoms with Crippen LogP contribution in [-0.2, 0) is 9.53 Å². The van der Waals surface area contributed by atoms with Gasteiger partial charge in [0.2, 0.25) is 0 Å². The van der Waals surface area contributed by atoms with Crippen molar-refractivity contribution in [1.82, 2.24) is 4.90 Å². The Labute approximate surface area is 91.2 Å². The van der Waals surface area contributed by atoms with Crippen LogP contribution < -0.4 is 0 Å². The molecule has 0 spiro atoms. The lowest BCUT2D eigenvalue weighted by molar-refractivity contribution is -0.146. The number of β-amino-alcohol motifs (C(OH)–C–C–N with tert-alkyl or cyclic N) is 1. The fourth-order valence-corrected chi connectivity index (χ4v) is 1.97. The van der Waals surface area contributed by atoms with Crippen molar-refractivity contribution in [3.8, 4) is 0 Å². The summed E-state index contributed by atoms with van der Waals surface area (Å²) < 4.78 is 4.75. The van der Waals surface area contributed by atoms with Crippen LogP contribution in [0.4, 0.5) is 0 Å². The summed E-state index contributed by atoms with van der Waals surface area (Å²) in [6.45, 7) is 5.17. The van der Waals surface area contributed by atoms with Gasteiger partial charge in [-0.05, 0) is 32.7 Å². The maximum absolute atomic E-state index is 11.5. The van der Waals surface area contributed by atoms with Gasteiger partial charge in [0, 0.05) is 6.54 Å². The number of carbonyl (C=O) groups excluding carboxylic acids is 1. The van der Waals surface area contributed by atoms with Gasteiger partial charge in [-0.25, -0.2) is 0 Å². The fraction of sp³-hybridized carbons (Fsp3) is 0.909. The van der Waals surface area contributed by atoms with Crippen LogP contribution in [0.15, 0.2) is 0 Å². The van der Waals surface area contributed by atoms with Crippen molar-refractivity contribution >= 4 is 5.97 Å². The Hall–Kier alpha value is -0.610. The first-order valence-corrected chi connectivity index (χ1v) is 5.54. The first-order valence-electron chi connectivity index (χ1n) is 5.54. The lowest BCUT2D eigenvalue weighted by Gasteiger charge is -2.30. The summed E-state index contributed by atoms with van der Waals surface area (Å²) >= 11 is 0. The Kier molecular flexibility index (Phi) is 4.11. The van der Waals surface area contributed by atoms with E-state index in [0.29, 0.717) is 13.0 Å². The molecule has 1 rings (SSSR count). The highest BCUT2D eigenvalue weighted by Gasteiger charge is 2.35. The Bertz CT molecular complexity index is 228. The SMILES string of the molecule is CCC(C)(O)CN1CCCC1C(=O)OC. The molecule has 4 heteroatoms. The van der Waals surface area contributed by atoms with Crippen molar-refractivity contribution in [2.75, 3.05) is 20.2 Å². The van der Waals surface area contributed by atoms with E-state index in [1.807, 2.05) is 11.8 Å². The molecule has 0 radical (unpaired) electrons. The zero-order chi connectivity index (χ0) is 11.5. The quantitative estimate of drug-likeness (QED) is 0.704. The summed E-state index contributed by atoms with van der Waals surface area (Å²) in [5, 5.41) is 9.96. The van der Waals surface area contributed by atoms with Crippen LogP contribution in [0, 0.1) is 0 Å². The molecule has 2 unspecified atom stereocenters. The summed E-state index contributed by atoms with van der Waals surface area (Å²) in [6.07, 6.45) is 2.53. The van der Waals surface area contributed by atoms with Crippen molar-refractivity contribution in [1.29, 1.82) is 0 Å². The van der Waals surface area contributed by atoms with E-state index in [0.717, 1.165) is 19.4 Å². The molecule has 0 aliphatic carbocycles. The van der Waals surface area contributed by atoms with Gasteiger partial charge >= 0.3 is 5.97 Å². The number of methoxy groups -OCH3 is 1. The minimum Gasteiger partial charge on any atom is -0.468 e. The molecule has 1 saturated heterocycles. The monoisotopic (exact) mass is 215 g/mol. The van der Waals surface area contributed by atoms with E-state index >= 15 is 0 Å². The molecular weight excluding hydrogens is 194 g/mol. The highest BCUT2D eigenvalue weighted by Crippen LogP contribution is 2.22. The zero-order valence-corrected chi connectivity index (χ0v) is 9.82. The van der Waals surface area contributed by atoms with Crippen molar-refractivity contribution < 1.29 is 14.6 Å². The maximum atomic E-state index is 11.5. The van der Waals surface area contributed by atoms with Crippen molar-refractivity contribution in [3.63, 3.8) is 0 Å². The van der Waals surface area contributed by atoms with Gasteiger partial charge in [0.25, 0.3) is 0 Å². The number of nitrogens with zero attached hydrogens (tertiary/aromatic N) is 1. The van der Waals surface area contributed by atoms with Gasteiger partial charge in [0.05, 0.1) is 12.7 Å². The Morgan fingerprint density at radius 2 is 2.33 bits per heavy atom. The highest BCUT2D eigenvalue weighted by molar-refractivity contribution is 5.75. The second-order valence-electron chi connectivity index (χ2n) is 4.50. The number of likely N-dealkylation sites (tertiary alicyclic amines) is 1. The Morgan fingerprint density at radius 1 is 1.67 bits per heavy atom. The standard InChI is InChI=1S/C11H21NO3/c1-4-11(2,14)8-12-7-5-6-9(12)10(13)15-3/h9,14H,4-8H2,1-3H3. The lowest BCUT2D eigenvalue weighted by Crippen LogP contribution is -2.45. The van der Waals surface area contributed by atoms with Crippen molar-refractivity contribution in [2.45, 2.75) is 44.8 Å². The van der Waals surface area contributed by atoms with Crippen molar-refractivity contribution in [2.24, 2.45) is 0 Å². The molecule has 0 aromatic heterocycles. The summed E-state index contributed by atoms with van der Waals surface area (Å²) in [4.78, 5) is 13.5. The number of hydrogen-bond acceptors (Lipinski definition) is 4. The molecule has 15 heavy (non-hydrogen) atoms. The smallest absolute Gasteiger partial charge is 0.323 e. The zero-order valence-electron chi connectivity index (χ0n) is 9.82. The highest BCUT2D eigenvalue weighted by atomic mass is 16.5. The molecule has 88 valence electrons. The second-order valence-corrected chi connectivity index (χ2v) is 4.50. The van der Waals surface area contributed by atoms with Crippen LogP contribution in [0.3, 0.4) is 0 Å². The first kappa shape index (κ1) is 12.5. The minimum atomic E-state index is -0.712. The van der Waals surface area contributed by atoms with Crippen LogP contribution >= 0.6 is 0 Å². The summed E-state index contributed by atoms with van der Waals surface area (Å²) in [6, 6.07) is -0.159. The normalized spacial score (nSPS) is 26.3. The van der Waals surface area contributed by atoms with Gasteiger partial charge in [-0.15, -0.1) is 0 Å². The van der Waals surface area contributed by atoms with E-state index in [4.69, 9.17) is 4.74 Å². The number of carbonyl (C=O) groups is 1. The number of hydrogen-bond donors (Lipinski definition) is 1. The molecule has 2 atom stereocenters. The molecule has 1 heterocycles. The third-order valence-corrected chi connectivity index (χ3v) is 3.14. The van der Waals surface area contributed by atoms with Crippen LogP contribution in [0.5, 0.6) is 0 Å². The molecule has 0 bridgehead atoms. The first-order chi connectivity index (χ1) is 7.00. The lowest BCUT2D eigenvalue weighted by atomic mass is 10.0. The fourth-order valence-electron chi connectivity index (χ4n) is 1.97. The minimum absolute atomic E-state index is 0.159. The van der Waals surface area contributed by atoms with Gasteiger partial charge in [-0.3, -0.25) is 9.69 Å². The molecule has 0 aromatic carbocycles. The largest absolute Gasteiger partial charge is 0.468 e. The summed E-state index contributed by atoms with van der Waals surface area (Å²) in [5.74, 6) is -0.181. The molecule has 1 N–H and O–H groups in total. The van der Waals surface area contributed by atoms with Crippen LogP contribution in [0.2, 0.25) is 0 Å². The summed E-state index contributed by atoms with van der Waals surface area (Å²) in [7, 11) is 1.41. The van der Waals surface area contributed by atoms with Gasteiger partial charge in [0.15, 0.2) is 0 Å². The molecule has 1 aliphatic rings. The Morgan fingerprint density at radius 3 is 2.87 bits per heavy atom. The van der Waals surface area contributed by atoms with Gasteiger partial charge < -0.3 is 9.84 Å². The number of aliphatic hydroxyl groups is 1. The molecule has 1 aliphatic heterocycles. The average molecular weight is 215 g/mol. The topological polar surface area (TPSA) is 49.8 Å². The van der Waals surface area contributed by atoms with Crippen molar-refractivity contribution in [3.05, 3.63) is 0 Å². The van der Waals surface area contributed by atoms with E-state index in [2.05, 4.69) is 0 Å². The molecule has 0 amide bonds. The third kappa shape index (κ3) is 3.18. The van der Waals surface area contributed by atoms with E-state index < -0.39 is 5.60 Å². The summed E-state index contributed by atoms with van der Waals surface area (Å²) in [5.41, 5.74) is -0.712. The molecule has 0 saturated carbocycles. The molecule has 4 nitrogen and oxygen atoms in total. The average Bonchev–Trinajstić information content (AvgIpc) is 2.64. The van der Waals surface area contributed by atoms with Gasteiger partial charge in [0.1, 0.15) is 6.04 Å². The third-order valence-electron chi connectivity index (χ3n) is 3.14. The van der Waals surface area contributed by atoms with Gasteiger partial charge in [-0.2, -0.15) is 0 Å². The molecular formula is C11H21NO3.